The average molecular weight is 525 g/mol. The second-order valence-electron chi connectivity index (χ2n) is 7.87. The zero-order chi connectivity index (χ0) is 25.7. The summed E-state index contributed by atoms with van der Waals surface area (Å²) < 4.78 is 18.6. The maximum atomic E-state index is 13.4. The smallest absolute Gasteiger partial charge is 0.338 e. The van der Waals surface area contributed by atoms with Crippen LogP contribution in [-0.2, 0) is 14.3 Å². The first-order valence-electron chi connectivity index (χ1n) is 11.2. The molecule has 3 aromatic rings. The largest absolute Gasteiger partial charge is 0.462 e. The number of anilines is 2. The van der Waals surface area contributed by atoms with Gasteiger partial charge in [-0.05, 0) is 79.2 Å². The van der Waals surface area contributed by atoms with Crippen molar-refractivity contribution in [3.05, 3.63) is 99.8 Å². The first-order chi connectivity index (χ1) is 17.4. The number of imide groups is 1. The van der Waals surface area contributed by atoms with Crippen LogP contribution in [0.2, 0.25) is 5.02 Å². The van der Waals surface area contributed by atoms with Crippen molar-refractivity contribution in [2.45, 2.75) is 24.7 Å². The van der Waals surface area contributed by atoms with Crippen molar-refractivity contribution in [2.75, 3.05) is 16.8 Å². The lowest BCUT2D eigenvalue weighted by molar-refractivity contribution is -0.120. The van der Waals surface area contributed by atoms with Gasteiger partial charge in [0, 0.05) is 15.6 Å². The summed E-state index contributed by atoms with van der Waals surface area (Å²) in [5.74, 6) is -1.99. The Kier molecular flexibility index (Phi) is 8.07. The minimum absolute atomic E-state index is 0.0645. The number of hydrogen-bond donors (Lipinski definition) is 1. The fourth-order valence-electron chi connectivity index (χ4n) is 3.39. The van der Waals surface area contributed by atoms with Gasteiger partial charge in [-0.15, -0.1) is 0 Å². The van der Waals surface area contributed by atoms with Gasteiger partial charge < -0.3 is 10.1 Å². The van der Waals surface area contributed by atoms with E-state index in [-0.39, 0.29) is 10.6 Å². The summed E-state index contributed by atoms with van der Waals surface area (Å²) in [7, 11) is 0. The molecule has 1 heterocycles. The van der Waals surface area contributed by atoms with Crippen molar-refractivity contribution in [2.24, 2.45) is 0 Å². The zero-order valence-electron chi connectivity index (χ0n) is 19.3. The summed E-state index contributed by atoms with van der Waals surface area (Å²) in [5, 5.41) is 3.51. The van der Waals surface area contributed by atoms with Crippen molar-refractivity contribution >= 4 is 52.5 Å². The summed E-state index contributed by atoms with van der Waals surface area (Å²) in [4.78, 5) is 41.0. The molecule has 0 aromatic heterocycles. The van der Waals surface area contributed by atoms with E-state index in [1.165, 1.54) is 48.5 Å². The first kappa shape index (κ1) is 25.5. The fraction of sp³-hybridized carbons (Fsp3) is 0.148. The molecule has 0 saturated heterocycles. The first-order valence-corrected chi connectivity index (χ1v) is 12.4. The normalized spacial score (nSPS) is 13.4. The molecular weight excluding hydrogens is 503 g/mol. The second kappa shape index (κ2) is 11.4. The number of esters is 1. The van der Waals surface area contributed by atoms with Crippen molar-refractivity contribution in [3.63, 3.8) is 0 Å². The number of nitrogens with one attached hydrogen (secondary N) is 1. The highest BCUT2D eigenvalue weighted by molar-refractivity contribution is 8.04. The van der Waals surface area contributed by atoms with Crippen LogP contribution in [0, 0.1) is 5.82 Å². The number of carbonyl (C=O) groups is 3. The number of thioether (sulfide) groups is 1. The van der Waals surface area contributed by atoms with Gasteiger partial charge in [0.25, 0.3) is 11.8 Å². The van der Waals surface area contributed by atoms with Gasteiger partial charge in [0.2, 0.25) is 0 Å². The Balaban J connectivity index is 1.62. The summed E-state index contributed by atoms with van der Waals surface area (Å²) >= 11 is 7.09. The van der Waals surface area contributed by atoms with Gasteiger partial charge in [-0.2, -0.15) is 0 Å². The average Bonchev–Trinajstić information content (AvgIpc) is 3.10. The van der Waals surface area contributed by atoms with E-state index in [9.17, 15) is 18.8 Å². The van der Waals surface area contributed by atoms with E-state index in [0.29, 0.717) is 33.5 Å². The van der Waals surface area contributed by atoms with Gasteiger partial charge in [0.1, 0.15) is 16.4 Å². The Labute approximate surface area is 217 Å². The summed E-state index contributed by atoms with van der Waals surface area (Å²) in [6, 6.07) is 18.4. The maximum Gasteiger partial charge on any atom is 0.338 e. The molecule has 4 rings (SSSR count). The molecule has 0 unspecified atom stereocenters. The van der Waals surface area contributed by atoms with Gasteiger partial charge in [-0.3, -0.25) is 9.59 Å². The molecule has 1 aliphatic heterocycles. The molecule has 1 aliphatic rings. The molecule has 6 nitrogen and oxygen atoms in total. The number of unbranched alkanes of at least 4 members (excludes halogenated alkanes) is 1. The van der Waals surface area contributed by atoms with Gasteiger partial charge in [0.15, 0.2) is 0 Å². The quantitative estimate of drug-likeness (QED) is 0.198. The highest BCUT2D eigenvalue weighted by atomic mass is 35.5. The molecule has 0 spiro atoms. The summed E-state index contributed by atoms with van der Waals surface area (Å²) in [6.07, 6.45) is 1.67. The minimum Gasteiger partial charge on any atom is -0.462 e. The topological polar surface area (TPSA) is 75.7 Å². The third-order valence-corrected chi connectivity index (χ3v) is 6.62. The SMILES string of the molecule is CCCCOC(=O)c1ccc(N2C(=O)C(Nc3ccc(F)cc3)=C(Sc3ccc(Cl)cc3)C2=O)cc1. The van der Waals surface area contributed by atoms with E-state index in [1.807, 2.05) is 6.92 Å². The van der Waals surface area contributed by atoms with Crippen molar-refractivity contribution < 1.29 is 23.5 Å². The molecule has 0 atom stereocenters. The maximum absolute atomic E-state index is 13.4. The minimum atomic E-state index is -0.570. The predicted octanol–water partition coefficient (Wildman–Crippen LogP) is 6.43. The number of hydrogen-bond acceptors (Lipinski definition) is 6. The van der Waals surface area contributed by atoms with Crippen LogP contribution in [-0.4, -0.2) is 24.4 Å². The number of ether oxygens (including phenoxy) is 1. The molecule has 0 radical (unpaired) electrons. The van der Waals surface area contributed by atoms with E-state index < -0.39 is 23.6 Å². The van der Waals surface area contributed by atoms with Gasteiger partial charge in [0.05, 0.1) is 17.9 Å². The molecule has 0 aliphatic carbocycles. The lowest BCUT2D eigenvalue weighted by Crippen LogP contribution is -2.32. The number of halogens is 2. The van der Waals surface area contributed by atoms with E-state index in [2.05, 4.69) is 5.32 Å². The molecule has 9 heteroatoms. The molecule has 184 valence electrons. The highest BCUT2D eigenvalue weighted by Gasteiger charge is 2.40. The Hall–Kier alpha value is -3.62. The molecule has 36 heavy (non-hydrogen) atoms. The summed E-state index contributed by atoms with van der Waals surface area (Å²) in [5.41, 5.74) is 1.14. The Morgan fingerprint density at radius 1 is 0.972 bits per heavy atom. The fourth-order valence-corrected chi connectivity index (χ4v) is 4.44. The van der Waals surface area contributed by atoms with Crippen molar-refractivity contribution in [1.29, 1.82) is 0 Å². The van der Waals surface area contributed by atoms with Crippen LogP contribution in [0.1, 0.15) is 30.1 Å². The number of rotatable bonds is 9. The van der Waals surface area contributed by atoms with Gasteiger partial charge in [-0.1, -0.05) is 36.7 Å². The number of amides is 2. The van der Waals surface area contributed by atoms with Crippen LogP contribution >= 0.6 is 23.4 Å². The third-order valence-electron chi connectivity index (χ3n) is 5.28. The van der Waals surface area contributed by atoms with Crippen LogP contribution in [0.5, 0.6) is 0 Å². The van der Waals surface area contributed by atoms with Gasteiger partial charge in [-0.25, -0.2) is 14.1 Å². The Morgan fingerprint density at radius 2 is 1.64 bits per heavy atom. The Morgan fingerprint density at radius 3 is 2.28 bits per heavy atom. The number of benzene rings is 3. The standard InChI is InChI=1S/C27H22ClFN2O4S/c1-2-3-16-35-27(34)17-4-12-21(13-5-17)31-25(32)23(30-20-10-8-19(29)9-11-20)24(26(31)33)36-22-14-6-18(28)7-15-22/h4-15,30H,2-3,16H2,1H3. The second-order valence-corrected chi connectivity index (χ2v) is 9.39. The zero-order valence-corrected chi connectivity index (χ0v) is 20.9. The van der Waals surface area contributed by atoms with Crippen LogP contribution in [0.3, 0.4) is 0 Å². The van der Waals surface area contributed by atoms with Crippen LogP contribution in [0.25, 0.3) is 0 Å². The molecule has 2 amide bonds. The van der Waals surface area contributed by atoms with Crippen LogP contribution in [0.15, 0.2) is 88.3 Å². The third kappa shape index (κ3) is 5.78. The Bertz CT molecular complexity index is 1240. The van der Waals surface area contributed by atoms with Crippen LogP contribution in [0.4, 0.5) is 15.8 Å². The van der Waals surface area contributed by atoms with E-state index in [4.69, 9.17) is 16.3 Å². The molecule has 0 fully saturated rings. The molecule has 0 bridgehead atoms. The summed E-state index contributed by atoms with van der Waals surface area (Å²) in [6.45, 7) is 2.33. The lowest BCUT2D eigenvalue weighted by Gasteiger charge is -2.16. The highest BCUT2D eigenvalue weighted by Crippen LogP contribution is 2.38. The van der Waals surface area contributed by atoms with Crippen LogP contribution < -0.4 is 10.2 Å². The molecule has 3 aromatic carbocycles. The molecular formula is C27H22ClFN2O4S. The number of nitrogens with zero attached hydrogens (tertiary/aromatic N) is 1. The number of carbonyl (C=O) groups excluding carboxylic acids is 3. The predicted molar refractivity (Wildman–Crippen MR) is 138 cm³/mol. The van der Waals surface area contributed by atoms with Gasteiger partial charge >= 0.3 is 5.97 Å². The lowest BCUT2D eigenvalue weighted by atomic mass is 10.2. The monoisotopic (exact) mass is 524 g/mol. The van der Waals surface area contributed by atoms with Crippen molar-refractivity contribution in [3.8, 4) is 0 Å². The molecule has 1 N–H and O–H groups in total. The van der Waals surface area contributed by atoms with E-state index >= 15 is 0 Å². The van der Waals surface area contributed by atoms with E-state index in [0.717, 1.165) is 29.5 Å². The van der Waals surface area contributed by atoms with Crippen molar-refractivity contribution in [1.82, 2.24) is 0 Å². The molecule has 0 saturated carbocycles. The van der Waals surface area contributed by atoms with E-state index in [1.54, 1.807) is 24.3 Å².